The molecule has 0 spiro atoms. The van der Waals surface area contributed by atoms with Gasteiger partial charge in [-0.1, -0.05) is 47.1 Å². The highest BCUT2D eigenvalue weighted by molar-refractivity contribution is 7.99. The minimum atomic E-state index is -0.213. The second-order valence-corrected chi connectivity index (χ2v) is 7.81. The zero-order chi connectivity index (χ0) is 20.1. The average molecular weight is 437 g/mol. The first-order valence-corrected chi connectivity index (χ1v) is 10.1. The topological polar surface area (TPSA) is 69.0 Å². The van der Waals surface area contributed by atoms with Crippen LogP contribution >= 0.6 is 35.0 Å². The standard InChI is InChI=1S/C19H18Cl2N4O2S/c1-12-4-3-5-14(8-12)27-10-17-23-24-19(25(17)2)28-11-18(26)22-16-9-13(20)6-7-15(16)21/h3-9H,10-11H2,1-2H3,(H,22,26). The van der Waals surface area contributed by atoms with E-state index in [1.807, 2.05) is 38.2 Å². The van der Waals surface area contributed by atoms with Crippen LogP contribution in [-0.2, 0) is 18.4 Å². The van der Waals surface area contributed by atoms with Gasteiger partial charge in [-0.25, -0.2) is 0 Å². The molecular weight excluding hydrogens is 419 g/mol. The van der Waals surface area contributed by atoms with Gasteiger partial charge in [0.1, 0.15) is 12.4 Å². The van der Waals surface area contributed by atoms with Gasteiger partial charge in [-0.15, -0.1) is 10.2 Å². The van der Waals surface area contributed by atoms with E-state index in [-0.39, 0.29) is 18.3 Å². The van der Waals surface area contributed by atoms with Crippen LogP contribution in [0.25, 0.3) is 0 Å². The normalized spacial score (nSPS) is 10.7. The van der Waals surface area contributed by atoms with Crippen molar-refractivity contribution in [1.29, 1.82) is 0 Å². The second-order valence-electron chi connectivity index (χ2n) is 6.02. The van der Waals surface area contributed by atoms with Crippen LogP contribution in [0.4, 0.5) is 5.69 Å². The Morgan fingerprint density at radius 3 is 2.82 bits per heavy atom. The number of aromatic nitrogens is 3. The first kappa shape index (κ1) is 20.5. The van der Waals surface area contributed by atoms with E-state index in [1.54, 1.807) is 22.8 Å². The van der Waals surface area contributed by atoms with Crippen molar-refractivity contribution in [1.82, 2.24) is 14.8 Å². The molecule has 2 aromatic carbocycles. The van der Waals surface area contributed by atoms with Crippen LogP contribution in [0.3, 0.4) is 0 Å². The predicted molar refractivity (Wildman–Crippen MR) is 112 cm³/mol. The maximum Gasteiger partial charge on any atom is 0.234 e. The smallest absolute Gasteiger partial charge is 0.234 e. The quantitative estimate of drug-likeness (QED) is 0.541. The Labute approximate surface area is 177 Å². The van der Waals surface area contributed by atoms with Crippen molar-refractivity contribution in [2.75, 3.05) is 11.1 Å². The lowest BCUT2D eigenvalue weighted by molar-refractivity contribution is -0.113. The van der Waals surface area contributed by atoms with Crippen LogP contribution in [0, 0.1) is 6.92 Å². The number of amides is 1. The van der Waals surface area contributed by atoms with Crippen molar-refractivity contribution in [2.45, 2.75) is 18.7 Å². The number of halogens is 2. The number of hydrogen-bond acceptors (Lipinski definition) is 5. The number of nitrogens with zero attached hydrogens (tertiary/aromatic N) is 3. The molecular formula is C19H18Cl2N4O2S. The summed E-state index contributed by atoms with van der Waals surface area (Å²) in [6.07, 6.45) is 0. The highest BCUT2D eigenvalue weighted by Crippen LogP contribution is 2.26. The fraction of sp³-hybridized carbons (Fsp3) is 0.211. The lowest BCUT2D eigenvalue weighted by atomic mass is 10.2. The molecule has 1 heterocycles. The molecule has 0 saturated carbocycles. The summed E-state index contributed by atoms with van der Waals surface area (Å²) in [5, 5.41) is 12.6. The number of hydrogen-bond donors (Lipinski definition) is 1. The third-order valence-corrected chi connectivity index (χ3v) is 5.40. The fourth-order valence-electron chi connectivity index (χ4n) is 2.36. The van der Waals surface area contributed by atoms with Gasteiger partial charge in [0.05, 0.1) is 16.5 Å². The van der Waals surface area contributed by atoms with Crippen molar-refractivity contribution >= 4 is 46.6 Å². The maximum atomic E-state index is 12.2. The molecule has 0 radical (unpaired) electrons. The molecule has 28 heavy (non-hydrogen) atoms. The van der Waals surface area contributed by atoms with Gasteiger partial charge in [-0.2, -0.15) is 0 Å². The zero-order valence-electron chi connectivity index (χ0n) is 15.3. The van der Waals surface area contributed by atoms with Gasteiger partial charge >= 0.3 is 0 Å². The Morgan fingerprint density at radius 1 is 1.21 bits per heavy atom. The lowest BCUT2D eigenvalue weighted by Crippen LogP contribution is -2.15. The number of nitrogens with one attached hydrogen (secondary N) is 1. The highest BCUT2D eigenvalue weighted by atomic mass is 35.5. The van der Waals surface area contributed by atoms with Crippen LogP contribution in [0.1, 0.15) is 11.4 Å². The summed E-state index contributed by atoms with van der Waals surface area (Å²) >= 11 is 13.3. The molecule has 0 fully saturated rings. The number of benzene rings is 2. The Balaban J connectivity index is 1.55. The predicted octanol–water partition coefficient (Wildman–Crippen LogP) is 4.74. The highest BCUT2D eigenvalue weighted by Gasteiger charge is 2.13. The maximum absolute atomic E-state index is 12.2. The van der Waals surface area contributed by atoms with Gasteiger partial charge in [0.25, 0.3) is 0 Å². The van der Waals surface area contributed by atoms with E-state index in [0.29, 0.717) is 26.7 Å². The van der Waals surface area contributed by atoms with Crippen molar-refractivity contribution in [3.63, 3.8) is 0 Å². The summed E-state index contributed by atoms with van der Waals surface area (Å²) in [5.74, 6) is 1.39. The first-order valence-electron chi connectivity index (χ1n) is 8.38. The Hall–Kier alpha value is -2.22. The van der Waals surface area contributed by atoms with Crippen LogP contribution in [0.2, 0.25) is 10.0 Å². The van der Waals surface area contributed by atoms with E-state index in [2.05, 4.69) is 15.5 Å². The molecule has 1 aromatic heterocycles. The van der Waals surface area contributed by atoms with Crippen molar-refractivity contribution in [3.05, 3.63) is 63.9 Å². The molecule has 9 heteroatoms. The van der Waals surface area contributed by atoms with E-state index in [1.165, 1.54) is 11.8 Å². The van der Waals surface area contributed by atoms with Crippen molar-refractivity contribution in [3.8, 4) is 5.75 Å². The Kier molecular flexibility index (Phi) is 6.83. The third kappa shape index (κ3) is 5.41. The molecule has 0 bridgehead atoms. The minimum Gasteiger partial charge on any atom is -0.486 e. The number of carbonyl (C=O) groups is 1. The summed E-state index contributed by atoms with van der Waals surface area (Å²) in [5.41, 5.74) is 1.60. The monoisotopic (exact) mass is 436 g/mol. The SMILES string of the molecule is Cc1cccc(OCc2nnc(SCC(=O)Nc3cc(Cl)ccc3Cl)n2C)c1. The number of aryl methyl sites for hydroxylation is 1. The molecule has 1 amide bonds. The van der Waals surface area contributed by atoms with Crippen molar-refractivity contribution in [2.24, 2.45) is 7.05 Å². The summed E-state index contributed by atoms with van der Waals surface area (Å²) in [6.45, 7) is 2.30. The molecule has 0 atom stereocenters. The van der Waals surface area contributed by atoms with Gasteiger partial charge in [0.15, 0.2) is 11.0 Å². The number of carbonyl (C=O) groups excluding carboxylic acids is 1. The average Bonchev–Trinajstić information content (AvgIpc) is 3.01. The number of rotatable bonds is 7. The molecule has 146 valence electrons. The minimum absolute atomic E-state index is 0.160. The molecule has 0 aliphatic heterocycles. The number of ether oxygens (including phenoxy) is 1. The van der Waals surface area contributed by atoms with Gasteiger partial charge in [-0.05, 0) is 42.8 Å². The van der Waals surface area contributed by atoms with E-state index in [9.17, 15) is 4.79 Å². The molecule has 0 aliphatic rings. The number of anilines is 1. The molecule has 0 unspecified atom stereocenters. The van der Waals surface area contributed by atoms with Gasteiger partial charge < -0.3 is 14.6 Å². The largest absolute Gasteiger partial charge is 0.486 e. The summed E-state index contributed by atoms with van der Waals surface area (Å²) in [4.78, 5) is 12.2. The van der Waals surface area contributed by atoms with E-state index >= 15 is 0 Å². The second kappa shape index (κ2) is 9.32. The molecule has 1 N–H and O–H groups in total. The molecule has 3 rings (SSSR count). The van der Waals surface area contributed by atoms with Gasteiger partial charge in [0, 0.05) is 12.1 Å². The molecule has 6 nitrogen and oxygen atoms in total. The first-order chi connectivity index (χ1) is 13.4. The fourth-order valence-corrected chi connectivity index (χ4v) is 3.43. The summed E-state index contributed by atoms with van der Waals surface area (Å²) < 4.78 is 7.56. The summed E-state index contributed by atoms with van der Waals surface area (Å²) in [7, 11) is 1.84. The Bertz CT molecular complexity index is 994. The molecule has 0 aliphatic carbocycles. The van der Waals surface area contributed by atoms with Gasteiger partial charge in [-0.3, -0.25) is 4.79 Å². The van der Waals surface area contributed by atoms with Crippen LogP contribution in [0.15, 0.2) is 47.6 Å². The van der Waals surface area contributed by atoms with E-state index in [4.69, 9.17) is 27.9 Å². The Morgan fingerprint density at radius 2 is 2.04 bits per heavy atom. The van der Waals surface area contributed by atoms with Crippen LogP contribution in [-0.4, -0.2) is 26.4 Å². The third-order valence-electron chi connectivity index (χ3n) is 3.82. The zero-order valence-corrected chi connectivity index (χ0v) is 17.6. The molecule has 3 aromatic rings. The van der Waals surface area contributed by atoms with Crippen molar-refractivity contribution < 1.29 is 9.53 Å². The lowest BCUT2D eigenvalue weighted by Gasteiger charge is -2.08. The molecule has 0 saturated heterocycles. The van der Waals surface area contributed by atoms with E-state index < -0.39 is 0 Å². The summed E-state index contributed by atoms with van der Waals surface area (Å²) in [6, 6.07) is 12.7. The van der Waals surface area contributed by atoms with Crippen LogP contribution < -0.4 is 10.1 Å². The number of thioether (sulfide) groups is 1. The van der Waals surface area contributed by atoms with Gasteiger partial charge in [0.2, 0.25) is 5.91 Å². The van der Waals surface area contributed by atoms with Crippen LogP contribution in [0.5, 0.6) is 5.75 Å². The van der Waals surface area contributed by atoms with E-state index in [0.717, 1.165) is 11.3 Å².